The molecule has 108 valence electrons. The first-order valence-electron chi connectivity index (χ1n) is 7.35. The minimum Gasteiger partial charge on any atom is -0.453 e. The Labute approximate surface area is 120 Å². The summed E-state index contributed by atoms with van der Waals surface area (Å²) in [6.45, 7) is 9.95. The maximum atomic E-state index is 12.9. The van der Waals surface area contributed by atoms with E-state index in [-0.39, 0.29) is 5.78 Å². The summed E-state index contributed by atoms with van der Waals surface area (Å²) in [5.74, 6) is 0.530. The Morgan fingerprint density at radius 1 is 1.20 bits per heavy atom. The number of nitrogens with zero attached hydrogens (tertiary/aromatic N) is 1. The first kappa shape index (κ1) is 14.8. The molecule has 0 amide bonds. The quantitative estimate of drug-likeness (QED) is 0.742. The van der Waals surface area contributed by atoms with Crippen LogP contribution in [0.5, 0.6) is 0 Å². The fourth-order valence-corrected chi connectivity index (χ4v) is 2.81. The molecule has 0 N–H and O–H groups in total. The number of rotatable bonds is 6. The molecule has 0 saturated carbocycles. The maximum Gasteiger partial charge on any atom is 0.217 e. The lowest BCUT2D eigenvalue weighted by molar-refractivity contribution is 0.0580. The first-order chi connectivity index (χ1) is 9.56. The van der Waals surface area contributed by atoms with Crippen LogP contribution in [0.2, 0.25) is 0 Å². The predicted molar refractivity (Wildman–Crippen MR) is 82.2 cm³/mol. The molecular weight excluding hydrogens is 250 g/mol. The number of benzene rings is 1. The van der Waals surface area contributed by atoms with Gasteiger partial charge in [-0.2, -0.15) is 0 Å². The highest BCUT2D eigenvalue weighted by atomic mass is 16.3. The van der Waals surface area contributed by atoms with E-state index in [1.807, 2.05) is 37.3 Å². The van der Waals surface area contributed by atoms with Crippen LogP contribution in [0.25, 0.3) is 11.0 Å². The normalized spacial score (nSPS) is 14.7. The molecule has 3 nitrogen and oxygen atoms in total. The summed E-state index contributed by atoms with van der Waals surface area (Å²) in [4.78, 5) is 15.1. The SMILES string of the molecule is CCN(CC)C(C)(CC)C(=O)c1cc2ccccc2o1. The molecule has 1 aromatic heterocycles. The monoisotopic (exact) mass is 273 g/mol. The van der Waals surface area contributed by atoms with Crippen molar-refractivity contribution in [2.45, 2.75) is 39.7 Å². The van der Waals surface area contributed by atoms with Crippen molar-refractivity contribution in [3.05, 3.63) is 36.1 Å². The summed E-state index contributed by atoms with van der Waals surface area (Å²) < 4.78 is 5.74. The van der Waals surface area contributed by atoms with Crippen LogP contribution in [0.1, 0.15) is 44.7 Å². The largest absolute Gasteiger partial charge is 0.453 e. The molecule has 20 heavy (non-hydrogen) atoms. The third-order valence-electron chi connectivity index (χ3n) is 4.29. The highest BCUT2D eigenvalue weighted by molar-refractivity contribution is 6.03. The fraction of sp³-hybridized carbons (Fsp3) is 0.471. The maximum absolute atomic E-state index is 12.9. The zero-order valence-electron chi connectivity index (χ0n) is 12.8. The van der Waals surface area contributed by atoms with E-state index in [0.29, 0.717) is 5.76 Å². The third kappa shape index (κ3) is 2.38. The van der Waals surface area contributed by atoms with Crippen LogP contribution in [-0.2, 0) is 0 Å². The first-order valence-corrected chi connectivity index (χ1v) is 7.35. The number of fused-ring (bicyclic) bond motifs is 1. The van der Waals surface area contributed by atoms with Crippen molar-refractivity contribution < 1.29 is 9.21 Å². The van der Waals surface area contributed by atoms with Gasteiger partial charge in [-0.3, -0.25) is 9.69 Å². The molecule has 2 aromatic rings. The summed E-state index contributed by atoms with van der Waals surface area (Å²) in [7, 11) is 0. The van der Waals surface area contributed by atoms with E-state index in [4.69, 9.17) is 4.42 Å². The van der Waals surface area contributed by atoms with E-state index in [1.54, 1.807) is 0 Å². The van der Waals surface area contributed by atoms with Crippen molar-refractivity contribution in [1.29, 1.82) is 0 Å². The molecule has 0 bridgehead atoms. The summed E-state index contributed by atoms with van der Waals surface area (Å²) in [6.07, 6.45) is 0.768. The number of likely N-dealkylation sites (N-methyl/N-ethyl adjacent to an activating group) is 1. The van der Waals surface area contributed by atoms with E-state index in [2.05, 4.69) is 25.7 Å². The molecule has 1 unspecified atom stereocenters. The highest BCUT2D eigenvalue weighted by Crippen LogP contribution is 2.28. The van der Waals surface area contributed by atoms with Gasteiger partial charge in [-0.1, -0.05) is 39.0 Å². The van der Waals surface area contributed by atoms with Crippen LogP contribution in [0, 0.1) is 0 Å². The second-order valence-electron chi connectivity index (χ2n) is 5.28. The lowest BCUT2D eigenvalue weighted by Gasteiger charge is -2.37. The number of hydrogen-bond acceptors (Lipinski definition) is 3. The Morgan fingerprint density at radius 2 is 1.85 bits per heavy atom. The average molecular weight is 273 g/mol. The Hall–Kier alpha value is -1.61. The minimum absolute atomic E-state index is 0.0694. The number of carbonyl (C=O) groups is 1. The van der Waals surface area contributed by atoms with Crippen LogP contribution in [-0.4, -0.2) is 29.3 Å². The molecule has 2 rings (SSSR count). The van der Waals surface area contributed by atoms with Crippen LogP contribution in [0.4, 0.5) is 0 Å². The summed E-state index contributed by atoms with van der Waals surface area (Å²) in [6, 6.07) is 9.59. The van der Waals surface area contributed by atoms with Crippen molar-refractivity contribution >= 4 is 16.8 Å². The van der Waals surface area contributed by atoms with Crippen LogP contribution in [0.3, 0.4) is 0 Å². The van der Waals surface area contributed by atoms with Crippen molar-refractivity contribution in [3.8, 4) is 0 Å². The molecule has 0 radical (unpaired) electrons. The molecule has 0 saturated heterocycles. The molecule has 3 heteroatoms. The average Bonchev–Trinajstić information content (AvgIpc) is 2.91. The fourth-order valence-electron chi connectivity index (χ4n) is 2.81. The summed E-state index contributed by atoms with van der Waals surface area (Å²) in [5, 5.41) is 0.980. The highest BCUT2D eigenvalue weighted by Gasteiger charge is 2.38. The van der Waals surface area contributed by atoms with Gasteiger partial charge >= 0.3 is 0 Å². The number of ketones is 1. The third-order valence-corrected chi connectivity index (χ3v) is 4.29. The smallest absolute Gasteiger partial charge is 0.217 e. The molecule has 0 aliphatic rings. The lowest BCUT2D eigenvalue weighted by atomic mass is 9.89. The van der Waals surface area contributed by atoms with Gasteiger partial charge in [-0.05, 0) is 38.6 Å². The van der Waals surface area contributed by atoms with Gasteiger partial charge < -0.3 is 4.42 Å². The summed E-state index contributed by atoms with van der Waals surface area (Å²) >= 11 is 0. The van der Waals surface area contributed by atoms with E-state index in [0.717, 1.165) is 30.5 Å². The van der Waals surface area contributed by atoms with Crippen LogP contribution < -0.4 is 0 Å². The number of hydrogen-bond donors (Lipinski definition) is 0. The molecule has 1 atom stereocenters. The van der Waals surface area contributed by atoms with E-state index in [1.165, 1.54) is 0 Å². The Kier molecular flexibility index (Phi) is 4.29. The predicted octanol–water partition coefficient (Wildman–Crippen LogP) is 4.13. The Morgan fingerprint density at radius 3 is 2.40 bits per heavy atom. The number of furan rings is 1. The molecule has 1 heterocycles. The van der Waals surface area contributed by atoms with E-state index in [9.17, 15) is 4.79 Å². The number of carbonyl (C=O) groups excluding carboxylic acids is 1. The molecule has 0 aliphatic carbocycles. The van der Waals surface area contributed by atoms with Gasteiger partial charge in [0.2, 0.25) is 5.78 Å². The van der Waals surface area contributed by atoms with Gasteiger partial charge in [0.15, 0.2) is 5.76 Å². The van der Waals surface area contributed by atoms with Crippen molar-refractivity contribution in [2.75, 3.05) is 13.1 Å². The van der Waals surface area contributed by atoms with Crippen LogP contribution in [0.15, 0.2) is 34.7 Å². The standard InChI is InChI=1S/C17H23NO2/c1-5-17(4,18(6-2)7-3)16(19)15-12-13-10-8-9-11-14(13)20-15/h8-12H,5-7H2,1-4H3. The molecule has 1 aromatic carbocycles. The van der Waals surface area contributed by atoms with Crippen molar-refractivity contribution in [1.82, 2.24) is 4.90 Å². The van der Waals surface area contributed by atoms with Crippen molar-refractivity contribution in [2.24, 2.45) is 0 Å². The van der Waals surface area contributed by atoms with Gasteiger partial charge in [0, 0.05) is 5.39 Å². The molecule has 0 aliphatic heterocycles. The van der Waals surface area contributed by atoms with Gasteiger partial charge in [-0.25, -0.2) is 0 Å². The topological polar surface area (TPSA) is 33.5 Å². The zero-order valence-corrected chi connectivity index (χ0v) is 12.8. The summed E-state index contributed by atoms with van der Waals surface area (Å²) in [5.41, 5.74) is 0.269. The molecule has 0 fully saturated rings. The molecular formula is C17H23NO2. The molecule has 0 spiro atoms. The second kappa shape index (κ2) is 5.80. The van der Waals surface area contributed by atoms with E-state index < -0.39 is 5.54 Å². The van der Waals surface area contributed by atoms with Gasteiger partial charge in [0.1, 0.15) is 5.58 Å². The lowest BCUT2D eigenvalue weighted by Crippen LogP contribution is -2.51. The Bertz CT molecular complexity index is 565. The zero-order chi connectivity index (χ0) is 14.8. The van der Waals surface area contributed by atoms with E-state index >= 15 is 0 Å². The van der Waals surface area contributed by atoms with Gasteiger partial charge in [0.25, 0.3) is 0 Å². The van der Waals surface area contributed by atoms with Gasteiger partial charge in [0.05, 0.1) is 5.54 Å². The van der Waals surface area contributed by atoms with Gasteiger partial charge in [-0.15, -0.1) is 0 Å². The second-order valence-corrected chi connectivity index (χ2v) is 5.28. The van der Waals surface area contributed by atoms with Crippen molar-refractivity contribution in [3.63, 3.8) is 0 Å². The number of para-hydroxylation sites is 1. The van der Waals surface area contributed by atoms with Crippen LogP contribution >= 0.6 is 0 Å². The Balaban J connectivity index is 2.41. The minimum atomic E-state index is -0.503. The number of Topliss-reactive ketones (excluding diaryl/α,β-unsaturated/α-hetero) is 1.